The third-order valence-corrected chi connectivity index (χ3v) is 4.25. The van der Waals surface area contributed by atoms with E-state index in [1.165, 1.54) is 5.01 Å². The van der Waals surface area contributed by atoms with Gasteiger partial charge in [0, 0.05) is 37.9 Å². The number of benzene rings is 1. The summed E-state index contributed by atoms with van der Waals surface area (Å²) in [5, 5.41) is 5.98. The molecule has 2 aromatic rings. The number of hydrogen-bond donors (Lipinski definition) is 3. The van der Waals surface area contributed by atoms with E-state index in [1.54, 1.807) is 30.4 Å². The van der Waals surface area contributed by atoms with Crippen LogP contribution in [0.3, 0.4) is 0 Å². The van der Waals surface area contributed by atoms with Gasteiger partial charge >= 0.3 is 0 Å². The van der Waals surface area contributed by atoms with E-state index >= 15 is 0 Å². The standard InChI is InChI=1S/C18H23FN6O/c1-24(21)10-16(20)12-2-3-13-8-22-17(7-14(13)6-12)23-18(26)11-25-5-4-15(19)9-25/h2-3,6-8,10,15H,4-5,9,11,20-21H2,1H3,(H,22,23,26)/b16-10-/t15-/m1/s1. The third kappa shape index (κ3) is 4.47. The number of fused-ring (bicyclic) bond motifs is 1. The van der Waals surface area contributed by atoms with E-state index in [0.717, 1.165) is 16.3 Å². The maximum Gasteiger partial charge on any atom is 0.239 e. The number of nitrogens with one attached hydrogen (secondary N) is 1. The highest BCUT2D eigenvalue weighted by Crippen LogP contribution is 2.21. The molecule has 26 heavy (non-hydrogen) atoms. The van der Waals surface area contributed by atoms with Crippen molar-refractivity contribution in [1.82, 2.24) is 14.9 Å². The molecule has 1 fully saturated rings. The lowest BCUT2D eigenvalue weighted by atomic mass is 10.1. The van der Waals surface area contributed by atoms with Gasteiger partial charge < -0.3 is 16.1 Å². The fourth-order valence-corrected chi connectivity index (χ4v) is 3.00. The fourth-order valence-electron chi connectivity index (χ4n) is 3.00. The maximum atomic E-state index is 13.2. The Morgan fingerprint density at radius 2 is 2.27 bits per heavy atom. The number of aromatic nitrogens is 1. The lowest BCUT2D eigenvalue weighted by Crippen LogP contribution is -2.32. The summed E-state index contributed by atoms with van der Waals surface area (Å²) in [4.78, 5) is 18.2. The van der Waals surface area contributed by atoms with Crippen LogP contribution in [-0.4, -0.2) is 53.7 Å². The second kappa shape index (κ2) is 7.67. The van der Waals surface area contributed by atoms with Gasteiger partial charge in [-0.05, 0) is 29.5 Å². The van der Waals surface area contributed by atoms with E-state index in [0.29, 0.717) is 31.0 Å². The van der Waals surface area contributed by atoms with Crippen LogP contribution in [0.15, 0.2) is 36.7 Å². The first kappa shape index (κ1) is 18.1. The van der Waals surface area contributed by atoms with Crippen molar-refractivity contribution in [3.8, 4) is 0 Å². The number of pyridine rings is 1. The largest absolute Gasteiger partial charge is 0.397 e. The monoisotopic (exact) mass is 358 g/mol. The Morgan fingerprint density at radius 1 is 1.46 bits per heavy atom. The van der Waals surface area contributed by atoms with Crippen molar-refractivity contribution in [3.63, 3.8) is 0 Å². The third-order valence-electron chi connectivity index (χ3n) is 4.25. The molecule has 1 aliphatic heterocycles. The van der Waals surface area contributed by atoms with Crippen molar-refractivity contribution < 1.29 is 9.18 Å². The van der Waals surface area contributed by atoms with Crippen molar-refractivity contribution in [1.29, 1.82) is 0 Å². The number of hydrogen-bond acceptors (Lipinski definition) is 6. The number of anilines is 1. The second-order valence-electron chi connectivity index (χ2n) is 6.55. The molecule has 8 heteroatoms. The Hall–Kier alpha value is -2.71. The maximum absolute atomic E-state index is 13.2. The zero-order chi connectivity index (χ0) is 18.7. The topological polar surface area (TPSA) is 101 Å². The van der Waals surface area contributed by atoms with E-state index in [-0.39, 0.29) is 12.5 Å². The Kier molecular flexibility index (Phi) is 5.34. The van der Waals surface area contributed by atoms with Gasteiger partial charge in [0.15, 0.2) is 0 Å². The molecule has 0 spiro atoms. The molecular formula is C18H23FN6O. The van der Waals surface area contributed by atoms with Crippen molar-refractivity contribution in [2.45, 2.75) is 12.6 Å². The fraction of sp³-hybridized carbons (Fsp3) is 0.333. The zero-order valence-corrected chi connectivity index (χ0v) is 14.7. The summed E-state index contributed by atoms with van der Waals surface area (Å²) < 4.78 is 13.2. The number of rotatable bonds is 5. The van der Waals surface area contributed by atoms with Gasteiger partial charge in [-0.3, -0.25) is 9.69 Å². The number of likely N-dealkylation sites (tertiary alicyclic amines) is 1. The normalized spacial score (nSPS) is 18.3. The minimum absolute atomic E-state index is 0.165. The minimum Gasteiger partial charge on any atom is -0.397 e. The number of amides is 1. The molecule has 0 aliphatic carbocycles. The van der Waals surface area contributed by atoms with E-state index in [4.69, 9.17) is 11.6 Å². The first-order valence-corrected chi connectivity index (χ1v) is 8.42. The summed E-state index contributed by atoms with van der Waals surface area (Å²) in [6.07, 6.45) is 2.96. The lowest BCUT2D eigenvalue weighted by Gasteiger charge is -2.14. The van der Waals surface area contributed by atoms with Gasteiger partial charge in [0.2, 0.25) is 5.91 Å². The van der Waals surface area contributed by atoms with E-state index in [2.05, 4.69) is 10.3 Å². The average molecular weight is 358 g/mol. The van der Waals surface area contributed by atoms with Crippen LogP contribution in [0.4, 0.5) is 10.2 Å². The van der Waals surface area contributed by atoms with E-state index in [1.807, 2.05) is 18.2 Å². The Balaban J connectivity index is 1.74. The average Bonchev–Trinajstić information content (AvgIpc) is 2.98. The summed E-state index contributed by atoms with van der Waals surface area (Å²) in [6, 6.07) is 7.50. The smallest absolute Gasteiger partial charge is 0.239 e. The molecule has 1 aromatic heterocycles. The van der Waals surface area contributed by atoms with Crippen LogP contribution in [0.25, 0.3) is 16.5 Å². The molecule has 5 N–H and O–H groups in total. The molecule has 1 saturated heterocycles. The van der Waals surface area contributed by atoms with E-state index in [9.17, 15) is 9.18 Å². The Bertz CT molecular complexity index is 838. The molecule has 138 valence electrons. The van der Waals surface area contributed by atoms with E-state index < -0.39 is 6.17 Å². The number of halogens is 1. The Labute approximate surface area is 151 Å². The van der Waals surface area contributed by atoms with Crippen LogP contribution in [0, 0.1) is 0 Å². The highest BCUT2D eigenvalue weighted by atomic mass is 19.1. The Morgan fingerprint density at radius 3 is 2.96 bits per heavy atom. The van der Waals surface area contributed by atoms with Gasteiger partial charge in [-0.25, -0.2) is 15.2 Å². The summed E-state index contributed by atoms with van der Waals surface area (Å²) in [6.45, 7) is 1.08. The highest BCUT2D eigenvalue weighted by Gasteiger charge is 2.23. The second-order valence-corrected chi connectivity index (χ2v) is 6.55. The predicted molar refractivity (Wildman–Crippen MR) is 100 cm³/mol. The van der Waals surface area contributed by atoms with Crippen LogP contribution < -0.4 is 16.9 Å². The molecular weight excluding hydrogens is 335 g/mol. The van der Waals surface area contributed by atoms with Gasteiger partial charge in [0.1, 0.15) is 12.0 Å². The van der Waals surface area contributed by atoms with Crippen molar-refractivity contribution >= 4 is 28.2 Å². The minimum atomic E-state index is -0.842. The first-order chi connectivity index (χ1) is 12.4. The quantitative estimate of drug-likeness (QED) is 0.550. The number of hydrazine groups is 1. The molecule has 0 unspecified atom stereocenters. The van der Waals surface area contributed by atoms with Crippen LogP contribution in [0.1, 0.15) is 12.0 Å². The van der Waals surface area contributed by atoms with Gasteiger partial charge in [-0.1, -0.05) is 12.1 Å². The number of nitrogens with zero attached hydrogens (tertiary/aromatic N) is 3. The van der Waals surface area contributed by atoms with Crippen molar-refractivity contribution in [2.75, 3.05) is 32.0 Å². The summed E-state index contributed by atoms with van der Waals surface area (Å²) >= 11 is 0. The van der Waals surface area contributed by atoms with Gasteiger partial charge in [0.25, 0.3) is 0 Å². The molecule has 3 rings (SSSR count). The van der Waals surface area contributed by atoms with Gasteiger partial charge in [0.05, 0.1) is 12.2 Å². The summed E-state index contributed by atoms with van der Waals surface area (Å²) in [5.74, 6) is 5.84. The molecule has 0 radical (unpaired) electrons. The van der Waals surface area contributed by atoms with Gasteiger partial charge in [-0.15, -0.1) is 0 Å². The molecule has 7 nitrogen and oxygen atoms in total. The SMILES string of the molecule is CN(N)/C=C(\N)c1ccc2cnc(NC(=O)CN3CC[C@@H](F)C3)cc2c1. The number of carbonyl (C=O) groups excluding carboxylic acids is 1. The van der Waals surface area contributed by atoms with Crippen LogP contribution >= 0.6 is 0 Å². The first-order valence-electron chi connectivity index (χ1n) is 8.42. The molecule has 1 aromatic carbocycles. The molecule has 1 aliphatic rings. The van der Waals surface area contributed by atoms with Gasteiger partial charge in [-0.2, -0.15) is 0 Å². The van der Waals surface area contributed by atoms with Crippen molar-refractivity contribution in [3.05, 3.63) is 42.2 Å². The molecule has 0 saturated carbocycles. The molecule has 2 heterocycles. The van der Waals surface area contributed by atoms with Crippen LogP contribution in [0.5, 0.6) is 0 Å². The number of carbonyl (C=O) groups is 1. The molecule has 1 amide bonds. The van der Waals surface area contributed by atoms with Crippen molar-refractivity contribution in [2.24, 2.45) is 11.6 Å². The lowest BCUT2D eigenvalue weighted by molar-refractivity contribution is -0.117. The highest BCUT2D eigenvalue weighted by molar-refractivity contribution is 5.94. The number of nitrogens with two attached hydrogens (primary N) is 2. The van der Waals surface area contributed by atoms with Crippen LogP contribution in [0.2, 0.25) is 0 Å². The predicted octanol–water partition coefficient (Wildman–Crippen LogP) is 1.28. The number of alkyl halides is 1. The zero-order valence-electron chi connectivity index (χ0n) is 14.7. The summed E-state index contributed by atoms with van der Waals surface area (Å²) in [7, 11) is 1.69. The van der Waals surface area contributed by atoms with Crippen LogP contribution in [-0.2, 0) is 4.79 Å². The molecule has 1 atom stereocenters. The molecule has 0 bridgehead atoms. The summed E-state index contributed by atoms with van der Waals surface area (Å²) in [5.41, 5.74) is 7.39.